The molecular weight excluding hydrogens is 466 g/mol. The van der Waals surface area contributed by atoms with E-state index >= 15 is 0 Å². The molecule has 0 aromatic heterocycles. The number of nitrogens with two attached hydrogens (primary N) is 1. The van der Waals surface area contributed by atoms with Crippen LogP contribution >= 0.6 is 11.6 Å². The number of benzene rings is 2. The summed E-state index contributed by atoms with van der Waals surface area (Å²) in [5.41, 5.74) is 7.63. The molecule has 0 bridgehead atoms. The van der Waals surface area contributed by atoms with Crippen LogP contribution in [0.15, 0.2) is 36.4 Å². The molecule has 1 saturated carbocycles. The van der Waals surface area contributed by atoms with E-state index in [2.05, 4.69) is 19.2 Å². The van der Waals surface area contributed by atoms with E-state index in [1.807, 2.05) is 11.0 Å². The van der Waals surface area contributed by atoms with Gasteiger partial charge in [0.1, 0.15) is 0 Å². The number of halogens is 1. The lowest BCUT2D eigenvalue weighted by molar-refractivity contribution is -0.138. The number of hydrogen-bond acceptors (Lipinski definition) is 5. The van der Waals surface area contributed by atoms with Crippen molar-refractivity contribution in [2.75, 3.05) is 25.2 Å². The minimum Gasteiger partial charge on any atom is -0.454 e. The molecule has 0 radical (unpaired) electrons. The molecule has 1 heterocycles. The summed E-state index contributed by atoms with van der Waals surface area (Å²) in [5.74, 6) is 1.12. The number of anilines is 1. The Bertz CT molecular complexity index is 1080. The largest absolute Gasteiger partial charge is 0.454 e. The van der Waals surface area contributed by atoms with E-state index in [-0.39, 0.29) is 29.9 Å². The van der Waals surface area contributed by atoms with Crippen LogP contribution in [0.25, 0.3) is 0 Å². The molecule has 2 aromatic carbocycles. The predicted octanol–water partition coefficient (Wildman–Crippen LogP) is 5.21. The molecule has 2 amide bonds. The summed E-state index contributed by atoms with van der Waals surface area (Å²) in [4.78, 5) is 28.2. The monoisotopic (exact) mass is 499 g/mol. The molecule has 188 valence electrons. The van der Waals surface area contributed by atoms with Crippen molar-refractivity contribution >= 4 is 29.1 Å². The third kappa shape index (κ3) is 6.27. The summed E-state index contributed by atoms with van der Waals surface area (Å²) in [6.45, 7) is 5.67. The SMILES string of the molecule is CC(C)(CN)CN(Cc1cc(NC(=O)c2ccc3c(c2)OCO3)ccc1Cl)C(=O)C1CCCCC1. The van der Waals surface area contributed by atoms with Crippen LogP contribution in [0.1, 0.15) is 61.9 Å². The van der Waals surface area contributed by atoms with Gasteiger partial charge >= 0.3 is 0 Å². The fourth-order valence-electron chi connectivity index (χ4n) is 4.62. The molecule has 0 unspecified atom stereocenters. The van der Waals surface area contributed by atoms with Crippen molar-refractivity contribution < 1.29 is 19.1 Å². The van der Waals surface area contributed by atoms with Crippen molar-refractivity contribution in [2.45, 2.75) is 52.5 Å². The number of fused-ring (bicyclic) bond motifs is 1. The number of ether oxygens (including phenoxy) is 2. The van der Waals surface area contributed by atoms with E-state index in [1.54, 1.807) is 30.3 Å². The van der Waals surface area contributed by atoms with Gasteiger partial charge in [0, 0.05) is 35.3 Å². The van der Waals surface area contributed by atoms with Gasteiger partial charge in [-0.05, 0) is 66.8 Å². The van der Waals surface area contributed by atoms with Crippen LogP contribution in [-0.2, 0) is 11.3 Å². The van der Waals surface area contributed by atoms with E-state index in [4.69, 9.17) is 26.8 Å². The van der Waals surface area contributed by atoms with Crippen molar-refractivity contribution in [3.05, 3.63) is 52.5 Å². The Hall–Kier alpha value is -2.77. The maximum Gasteiger partial charge on any atom is 0.255 e. The summed E-state index contributed by atoms with van der Waals surface area (Å²) in [7, 11) is 0. The highest BCUT2D eigenvalue weighted by molar-refractivity contribution is 6.31. The molecule has 35 heavy (non-hydrogen) atoms. The lowest BCUT2D eigenvalue weighted by Crippen LogP contribution is -2.44. The van der Waals surface area contributed by atoms with Crippen LogP contribution in [-0.4, -0.2) is 36.6 Å². The first kappa shape index (κ1) is 25.3. The molecule has 7 nitrogen and oxygen atoms in total. The average molecular weight is 500 g/mol. The first-order chi connectivity index (χ1) is 16.8. The molecule has 1 fully saturated rings. The van der Waals surface area contributed by atoms with Crippen molar-refractivity contribution in [3.63, 3.8) is 0 Å². The Morgan fingerprint density at radius 1 is 1.09 bits per heavy atom. The van der Waals surface area contributed by atoms with Crippen LogP contribution in [0, 0.1) is 11.3 Å². The van der Waals surface area contributed by atoms with Gasteiger partial charge in [-0.2, -0.15) is 0 Å². The molecule has 1 aliphatic carbocycles. The third-order valence-corrected chi connectivity index (χ3v) is 7.11. The highest BCUT2D eigenvalue weighted by Crippen LogP contribution is 2.33. The molecule has 0 atom stereocenters. The Morgan fingerprint density at radius 2 is 1.83 bits per heavy atom. The molecule has 0 saturated heterocycles. The number of rotatable bonds is 8. The van der Waals surface area contributed by atoms with Crippen molar-refractivity contribution in [3.8, 4) is 11.5 Å². The van der Waals surface area contributed by atoms with Crippen LogP contribution in [0.5, 0.6) is 11.5 Å². The van der Waals surface area contributed by atoms with Gasteiger partial charge in [0.2, 0.25) is 12.7 Å². The zero-order valence-electron chi connectivity index (χ0n) is 20.4. The zero-order chi connectivity index (χ0) is 25.0. The average Bonchev–Trinajstić information content (AvgIpc) is 3.33. The van der Waals surface area contributed by atoms with Crippen LogP contribution in [0.2, 0.25) is 5.02 Å². The summed E-state index contributed by atoms with van der Waals surface area (Å²) >= 11 is 6.55. The molecular formula is C27H34ClN3O4. The Kier molecular flexibility index (Phi) is 7.87. The standard InChI is InChI=1S/C27H34ClN3O4/c1-27(2,15-29)16-31(26(33)18-6-4-3-5-7-18)14-20-12-21(9-10-22(20)28)30-25(32)19-8-11-23-24(13-19)35-17-34-23/h8-13,18H,3-7,14-17,29H2,1-2H3,(H,30,32). The van der Waals surface area contributed by atoms with Gasteiger partial charge in [0.25, 0.3) is 5.91 Å². The van der Waals surface area contributed by atoms with E-state index in [0.717, 1.165) is 31.2 Å². The van der Waals surface area contributed by atoms with Gasteiger partial charge in [-0.25, -0.2) is 0 Å². The summed E-state index contributed by atoms with van der Waals surface area (Å²) < 4.78 is 10.7. The van der Waals surface area contributed by atoms with E-state index in [9.17, 15) is 9.59 Å². The van der Waals surface area contributed by atoms with Crippen LogP contribution in [0.3, 0.4) is 0 Å². The fraction of sp³-hybridized carbons (Fsp3) is 0.481. The highest BCUT2D eigenvalue weighted by Gasteiger charge is 2.30. The highest BCUT2D eigenvalue weighted by atomic mass is 35.5. The maximum atomic E-state index is 13.5. The molecule has 8 heteroatoms. The molecule has 1 aliphatic heterocycles. The molecule has 2 aliphatic rings. The molecule has 3 N–H and O–H groups in total. The van der Waals surface area contributed by atoms with Gasteiger partial charge in [0.05, 0.1) is 0 Å². The van der Waals surface area contributed by atoms with Crippen LogP contribution < -0.4 is 20.5 Å². The summed E-state index contributed by atoms with van der Waals surface area (Å²) in [5, 5.41) is 3.48. The second-order valence-corrected chi connectivity index (χ2v) is 10.6. The van der Waals surface area contributed by atoms with Gasteiger partial charge < -0.3 is 25.4 Å². The quantitative estimate of drug-likeness (QED) is 0.519. The van der Waals surface area contributed by atoms with E-state index < -0.39 is 0 Å². The van der Waals surface area contributed by atoms with Crippen molar-refractivity contribution in [1.29, 1.82) is 0 Å². The summed E-state index contributed by atoms with van der Waals surface area (Å²) in [6, 6.07) is 10.4. The third-order valence-electron chi connectivity index (χ3n) is 6.74. The summed E-state index contributed by atoms with van der Waals surface area (Å²) in [6.07, 6.45) is 5.23. The minimum atomic E-state index is -0.268. The smallest absolute Gasteiger partial charge is 0.255 e. The zero-order valence-corrected chi connectivity index (χ0v) is 21.2. The minimum absolute atomic E-state index is 0.0463. The molecule has 2 aromatic rings. The first-order valence-electron chi connectivity index (χ1n) is 12.2. The van der Waals surface area contributed by atoms with Gasteiger partial charge in [-0.3, -0.25) is 9.59 Å². The predicted molar refractivity (Wildman–Crippen MR) is 137 cm³/mol. The van der Waals surface area contributed by atoms with Crippen molar-refractivity contribution in [2.24, 2.45) is 17.1 Å². The number of hydrogen-bond donors (Lipinski definition) is 2. The van der Waals surface area contributed by atoms with Crippen molar-refractivity contribution in [1.82, 2.24) is 4.90 Å². The number of carbonyl (C=O) groups is 2. The van der Waals surface area contributed by atoms with Crippen LogP contribution in [0.4, 0.5) is 5.69 Å². The maximum absolute atomic E-state index is 13.5. The number of nitrogens with zero attached hydrogens (tertiary/aromatic N) is 1. The topological polar surface area (TPSA) is 93.9 Å². The van der Waals surface area contributed by atoms with E-state index in [0.29, 0.717) is 47.4 Å². The Labute approximate surface area is 211 Å². The molecule has 0 spiro atoms. The molecule has 4 rings (SSSR count). The first-order valence-corrected chi connectivity index (χ1v) is 12.6. The Balaban J connectivity index is 1.52. The normalized spacial score (nSPS) is 15.7. The van der Waals surface area contributed by atoms with E-state index in [1.165, 1.54) is 6.42 Å². The second kappa shape index (κ2) is 10.9. The van der Waals surface area contributed by atoms with Gasteiger partial charge in [-0.15, -0.1) is 0 Å². The number of nitrogens with one attached hydrogen (secondary N) is 1. The lowest BCUT2D eigenvalue weighted by Gasteiger charge is -2.35. The lowest BCUT2D eigenvalue weighted by atomic mass is 9.86. The second-order valence-electron chi connectivity index (χ2n) is 10.2. The number of carbonyl (C=O) groups excluding carboxylic acids is 2. The fourth-order valence-corrected chi connectivity index (χ4v) is 4.80. The number of amides is 2. The van der Waals surface area contributed by atoms with Gasteiger partial charge in [-0.1, -0.05) is 44.7 Å². The van der Waals surface area contributed by atoms with Gasteiger partial charge in [0.15, 0.2) is 11.5 Å². The Morgan fingerprint density at radius 3 is 2.57 bits per heavy atom.